The van der Waals surface area contributed by atoms with E-state index in [-0.39, 0.29) is 5.82 Å². The average Bonchev–Trinajstić information content (AvgIpc) is 3.19. The Morgan fingerprint density at radius 1 is 1.16 bits per heavy atom. The SMILES string of the molecule is Cc1cc(F)cc2c(N3CCc4c(ncn4CCc4ccccc4)C3)c(C#N)cnc12. The van der Waals surface area contributed by atoms with Gasteiger partial charge in [0.25, 0.3) is 0 Å². The molecule has 0 saturated heterocycles. The molecule has 6 heteroatoms. The molecule has 0 amide bonds. The number of aromatic nitrogens is 3. The van der Waals surface area contributed by atoms with E-state index in [1.165, 1.54) is 23.4 Å². The highest BCUT2D eigenvalue weighted by Gasteiger charge is 2.25. The minimum absolute atomic E-state index is 0.314. The van der Waals surface area contributed by atoms with Gasteiger partial charge in [0.15, 0.2) is 0 Å². The maximum atomic E-state index is 14.2. The summed E-state index contributed by atoms with van der Waals surface area (Å²) in [6, 6.07) is 15.6. The van der Waals surface area contributed by atoms with Gasteiger partial charge < -0.3 is 9.47 Å². The molecule has 0 radical (unpaired) electrons. The highest BCUT2D eigenvalue weighted by atomic mass is 19.1. The molecule has 5 nitrogen and oxygen atoms in total. The van der Waals surface area contributed by atoms with Crippen molar-refractivity contribution in [3.8, 4) is 6.07 Å². The van der Waals surface area contributed by atoms with Crippen molar-refractivity contribution >= 4 is 16.6 Å². The van der Waals surface area contributed by atoms with Crippen LogP contribution >= 0.6 is 0 Å². The number of hydrogen-bond acceptors (Lipinski definition) is 4. The van der Waals surface area contributed by atoms with E-state index in [0.717, 1.165) is 48.4 Å². The Labute approximate surface area is 180 Å². The Kier molecular flexibility index (Phi) is 4.87. The summed E-state index contributed by atoms with van der Waals surface area (Å²) < 4.78 is 16.4. The zero-order valence-corrected chi connectivity index (χ0v) is 17.3. The monoisotopic (exact) mass is 411 g/mol. The van der Waals surface area contributed by atoms with Crippen LogP contribution < -0.4 is 4.90 Å². The van der Waals surface area contributed by atoms with Crippen molar-refractivity contribution in [2.75, 3.05) is 11.4 Å². The van der Waals surface area contributed by atoms with Crippen LogP contribution in [0, 0.1) is 24.1 Å². The van der Waals surface area contributed by atoms with Gasteiger partial charge in [-0.25, -0.2) is 9.37 Å². The Bertz CT molecular complexity index is 1300. The molecule has 1 aliphatic heterocycles. The third-order valence-electron chi connectivity index (χ3n) is 6.01. The van der Waals surface area contributed by atoms with Gasteiger partial charge in [0.05, 0.1) is 35.3 Å². The molecule has 3 heterocycles. The maximum absolute atomic E-state index is 14.2. The van der Waals surface area contributed by atoms with E-state index < -0.39 is 0 Å². The van der Waals surface area contributed by atoms with Gasteiger partial charge in [-0.3, -0.25) is 4.98 Å². The molecule has 154 valence electrons. The van der Waals surface area contributed by atoms with E-state index in [1.54, 1.807) is 6.20 Å². The zero-order chi connectivity index (χ0) is 21.4. The van der Waals surface area contributed by atoms with E-state index in [1.807, 2.05) is 19.3 Å². The largest absolute Gasteiger partial charge is 0.363 e. The Morgan fingerprint density at radius 3 is 2.81 bits per heavy atom. The fraction of sp³-hybridized carbons (Fsp3) is 0.240. The molecule has 2 aromatic heterocycles. The van der Waals surface area contributed by atoms with Gasteiger partial charge in [-0.1, -0.05) is 30.3 Å². The van der Waals surface area contributed by atoms with E-state index in [0.29, 0.717) is 17.5 Å². The van der Waals surface area contributed by atoms with Crippen molar-refractivity contribution < 1.29 is 4.39 Å². The van der Waals surface area contributed by atoms with Gasteiger partial charge in [0.1, 0.15) is 11.9 Å². The zero-order valence-electron chi connectivity index (χ0n) is 17.3. The maximum Gasteiger partial charge on any atom is 0.124 e. The second-order valence-electron chi connectivity index (χ2n) is 7.99. The molecule has 0 fully saturated rings. The first-order chi connectivity index (χ1) is 15.1. The van der Waals surface area contributed by atoms with E-state index in [2.05, 4.69) is 49.8 Å². The highest BCUT2D eigenvalue weighted by molar-refractivity contribution is 5.96. The summed E-state index contributed by atoms with van der Waals surface area (Å²) in [7, 11) is 0. The van der Waals surface area contributed by atoms with E-state index in [9.17, 15) is 9.65 Å². The van der Waals surface area contributed by atoms with Crippen molar-refractivity contribution in [3.63, 3.8) is 0 Å². The van der Waals surface area contributed by atoms with Gasteiger partial charge in [-0.05, 0) is 36.6 Å². The molecule has 5 rings (SSSR count). The number of fused-ring (bicyclic) bond motifs is 2. The number of nitrogens with zero attached hydrogens (tertiary/aromatic N) is 5. The summed E-state index contributed by atoms with van der Waals surface area (Å²) in [6.45, 7) is 4.07. The van der Waals surface area contributed by atoms with E-state index in [4.69, 9.17) is 0 Å². The van der Waals surface area contributed by atoms with Crippen LogP contribution in [-0.4, -0.2) is 21.1 Å². The van der Waals surface area contributed by atoms with Gasteiger partial charge in [0, 0.05) is 36.8 Å². The van der Waals surface area contributed by atoms with Crippen LogP contribution in [-0.2, 0) is 25.9 Å². The predicted octanol–water partition coefficient (Wildman–Crippen LogP) is 4.56. The number of benzene rings is 2. The van der Waals surface area contributed by atoms with Crippen molar-refractivity contribution in [2.45, 2.75) is 32.9 Å². The first-order valence-corrected chi connectivity index (χ1v) is 10.4. The first kappa shape index (κ1) is 19.3. The molecule has 0 aliphatic carbocycles. The summed E-state index contributed by atoms with van der Waals surface area (Å²) in [6.07, 6.45) is 5.29. The molecule has 31 heavy (non-hydrogen) atoms. The Morgan fingerprint density at radius 2 is 2.00 bits per heavy atom. The fourth-order valence-electron chi connectivity index (χ4n) is 4.49. The molecule has 4 aromatic rings. The van der Waals surface area contributed by atoms with Crippen LogP contribution in [0.15, 0.2) is 55.0 Å². The van der Waals surface area contributed by atoms with Crippen LogP contribution in [0.5, 0.6) is 0 Å². The Hall–Kier alpha value is -3.72. The van der Waals surface area contributed by atoms with Gasteiger partial charge in [-0.2, -0.15) is 5.26 Å². The lowest BCUT2D eigenvalue weighted by molar-refractivity contribution is 0.624. The number of hydrogen-bond donors (Lipinski definition) is 0. The van der Waals surface area contributed by atoms with Crippen LogP contribution in [0.4, 0.5) is 10.1 Å². The van der Waals surface area contributed by atoms with Gasteiger partial charge >= 0.3 is 0 Å². The summed E-state index contributed by atoms with van der Waals surface area (Å²) >= 11 is 0. The van der Waals surface area contributed by atoms with Crippen molar-refractivity contribution in [3.05, 3.63) is 88.9 Å². The molecule has 2 aromatic carbocycles. The van der Waals surface area contributed by atoms with Gasteiger partial charge in [0.2, 0.25) is 0 Å². The van der Waals surface area contributed by atoms with Crippen molar-refractivity contribution in [1.29, 1.82) is 5.26 Å². The third-order valence-corrected chi connectivity index (χ3v) is 6.01. The second-order valence-corrected chi connectivity index (χ2v) is 7.99. The molecule has 0 bridgehead atoms. The molecule has 1 aliphatic rings. The fourth-order valence-corrected chi connectivity index (χ4v) is 4.49. The van der Waals surface area contributed by atoms with Crippen molar-refractivity contribution in [2.24, 2.45) is 0 Å². The minimum Gasteiger partial charge on any atom is -0.363 e. The average molecular weight is 411 g/mol. The number of rotatable bonds is 4. The normalized spacial score (nSPS) is 13.3. The standard InChI is InChI=1S/C25H22FN5/c1-17-11-20(26)12-21-24(17)28-14-19(13-27)25(21)30-10-8-23-22(15-30)29-16-31(23)9-7-18-5-3-2-4-6-18/h2-6,11-12,14,16H,7-10,15H2,1H3. The van der Waals surface area contributed by atoms with Gasteiger partial charge in [-0.15, -0.1) is 0 Å². The van der Waals surface area contributed by atoms with Crippen LogP contribution in [0.25, 0.3) is 10.9 Å². The van der Waals surface area contributed by atoms with Crippen LogP contribution in [0.1, 0.15) is 28.1 Å². The second kappa shape index (κ2) is 7.84. The molecule has 0 saturated carbocycles. The first-order valence-electron chi connectivity index (χ1n) is 10.4. The predicted molar refractivity (Wildman–Crippen MR) is 118 cm³/mol. The molecule has 0 spiro atoms. The molecule has 0 N–H and O–H groups in total. The lowest BCUT2D eigenvalue weighted by Crippen LogP contribution is -2.32. The lowest BCUT2D eigenvalue weighted by atomic mass is 10.0. The number of imidazole rings is 1. The topological polar surface area (TPSA) is 57.7 Å². The smallest absolute Gasteiger partial charge is 0.124 e. The molecular formula is C25H22FN5. The van der Waals surface area contributed by atoms with Crippen LogP contribution in [0.3, 0.4) is 0 Å². The number of pyridine rings is 1. The number of aryl methyl sites for hydroxylation is 3. The van der Waals surface area contributed by atoms with Crippen LogP contribution in [0.2, 0.25) is 0 Å². The summed E-state index contributed by atoms with van der Waals surface area (Å²) in [5, 5.41) is 10.4. The third kappa shape index (κ3) is 3.53. The molecule has 0 unspecified atom stereocenters. The number of nitriles is 1. The summed E-state index contributed by atoms with van der Waals surface area (Å²) in [5.41, 5.74) is 6.27. The summed E-state index contributed by atoms with van der Waals surface area (Å²) in [4.78, 5) is 11.2. The number of anilines is 1. The number of halogens is 1. The molecule has 0 atom stereocenters. The highest BCUT2D eigenvalue weighted by Crippen LogP contribution is 2.34. The van der Waals surface area contributed by atoms with E-state index >= 15 is 0 Å². The molecular weight excluding hydrogens is 389 g/mol. The minimum atomic E-state index is -0.314. The summed E-state index contributed by atoms with van der Waals surface area (Å²) in [5.74, 6) is -0.314. The van der Waals surface area contributed by atoms with Crippen molar-refractivity contribution in [1.82, 2.24) is 14.5 Å². The Balaban J connectivity index is 1.46. The lowest BCUT2D eigenvalue weighted by Gasteiger charge is -2.30. The quantitative estimate of drug-likeness (QED) is 0.494.